The highest BCUT2D eigenvalue weighted by molar-refractivity contribution is 7.91. The summed E-state index contributed by atoms with van der Waals surface area (Å²) in [4.78, 5) is 16.9. The van der Waals surface area contributed by atoms with Gasteiger partial charge >= 0.3 is 0 Å². The number of pyridine rings is 1. The Kier molecular flexibility index (Phi) is 4.96. The number of carbonyl (C=O) groups is 1. The Morgan fingerprint density at radius 1 is 1.14 bits per heavy atom. The van der Waals surface area contributed by atoms with E-state index in [0.717, 1.165) is 12.0 Å². The van der Waals surface area contributed by atoms with Crippen molar-refractivity contribution >= 4 is 21.4 Å². The quantitative estimate of drug-likeness (QED) is 0.672. The fourth-order valence-electron chi connectivity index (χ4n) is 3.28. The van der Waals surface area contributed by atoms with E-state index in [2.05, 4.69) is 15.4 Å². The van der Waals surface area contributed by atoms with Gasteiger partial charge in [0.2, 0.25) is 15.7 Å². The third-order valence-electron chi connectivity index (χ3n) is 5.09. The highest BCUT2D eigenvalue weighted by Gasteiger charge is 2.44. The lowest BCUT2D eigenvalue weighted by molar-refractivity contribution is -0.117. The molecular weight excluding hydrogens is 388 g/mol. The summed E-state index contributed by atoms with van der Waals surface area (Å²) in [6.45, 7) is 3.86. The Morgan fingerprint density at radius 2 is 1.90 bits per heavy atom. The second kappa shape index (κ2) is 7.44. The van der Waals surface area contributed by atoms with E-state index in [4.69, 9.17) is 0 Å². The summed E-state index contributed by atoms with van der Waals surface area (Å²) >= 11 is 0. The molecule has 1 aliphatic carbocycles. The number of hydrogen-bond donors (Lipinski definition) is 1. The Labute approximate surface area is 169 Å². The number of sulfone groups is 1. The highest BCUT2D eigenvalue weighted by Crippen LogP contribution is 2.47. The van der Waals surface area contributed by atoms with E-state index in [0.29, 0.717) is 5.69 Å². The van der Waals surface area contributed by atoms with Crippen LogP contribution in [-0.4, -0.2) is 29.1 Å². The van der Waals surface area contributed by atoms with Gasteiger partial charge in [0.25, 0.3) is 0 Å². The SMILES string of the molecule is CC(C)n1cc(S(=O)(=O)c2ccc(NC(=O)[C@H]3C[C@@H]3c3cccnc3)cc2)cn1. The second-order valence-corrected chi connectivity index (χ2v) is 9.45. The molecule has 0 spiro atoms. The number of nitrogens with zero attached hydrogens (tertiary/aromatic N) is 3. The first-order valence-electron chi connectivity index (χ1n) is 9.46. The van der Waals surface area contributed by atoms with Crippen LogP contribution in [0.3, 0.4) is 0 Å². The molecule has 29 heavy (non-hydrogen) atoms. The average Bonchev–Trinajstić information content (AvgIpc) is 3.35. The molecule has 0 aliphatic heterocycles. The second-order valence-electron chi connectivity index (χ2n) is 7.50. The van der Waals surface area contributed by atoms with Crippen molar-refractivity contribution in [2.45, 2.75) is 42.0 Å². The summed E-state index contributed by atoms with van der Waals surface area (Å²) in [5, 5.41) is 6.97. The maximum absolute atomic E-state index is 12.8. The van der Waals surface area contributed by atoms with Gasteiger partial charge in [-0.1, -0.05) is 6.07 Å². The zero-order valence-corrected chi connectivity index (χ0v) is 17.0. The first-order chi connectivity index (χ1) is 13.9. The number of anilines is 1. The molecule has 2 atom stereocenters. The van der Waals surface area contributed by atoms with Crippen LogP contribution in [0.25, 0.3) is 0 Å². The maximum atomic E-state index is 12.8. The zero-order chi connectivity index (χ0) is 20.6. The summed E-state index contributed by atoms with van der Waals surface area (Å²) in [6, 6.07) is 10.2. The van der Waals surface area contributed by atoms with Crippen molar-refractivity contribution < 1.29 is 13.2 Å². The van der Waals surface area contributed by atoms with E-state index in [9.17, 15) is 13.2 Å². The van der Waals surface area contributed by atoms with Crippen LogP contribution < -0.4 is 5.32 Å². The largest absolute Gasteiger partial charge is 0.326 e. The van der Waals surface area contributed by atoms with E-state index in [1.54, 1.807) is 29.2 Å². The average molecular weight is 410 g/mol. The van der Waals surface area contributed by atoms with E-state index >= 15 is 0 Å². The summed E-state index contributed by atoms with van der Waals surface area (Å²) in [5.41, 5.74) is 1.64. The van der Waals surface area contributed by atoms with Gasteiger partial charge in [0.15, 0.2) is 0 Å². The Hall–Kier alpha value is -3.00. The van der Waals surface area contributed by atoms with E-state index in [-0.39, 0.29) is 33.6 Å². The monoisotopic (exact) mass is 410 g/mol. The lowest BCUT2D eigenvalue weighted by Gasteiger charge is -2.07. The summed E-state index contributed by atoms with van der Waals surface area (Å²) in [5.74, 6) is 0.0537. The molecule has 0 bridgehead atoms. The fraction of sp³-hybridized carbons (Fsp3) is 0.286. The molecule has 7 nitrogen and oxygen atoms in total. The van der Waals surface area contributed by atoms with Gasteiger partial charge in [-0.3, -0.25) is 14.5 Å². The number of rotatable bonds is 6. The number of hydrogen-bond acceptors (Lipinski definition) is 5. The van der Waals surface area contributed by atoms with Crippen molar-refractivity contribution in [1.82, 2.24) is 14.8 Å². The summed E-state index contributed by atoms with van der Waals surface area (Å²) in [6.07, 6.45) is 7.19. The Morgan fingerprint density at radius 3 is 2.52 bits per heavy atom. The fourth-order valence-corrected chi connectivity index (χ4v) is 4.48. The van der Waals surface area contributed by atoms with E-state index in [1.165, 1.54) is 24.5 Å². The van der Waals surface area contributed by atoms with Crippen molar-refractivity contribution in [3.05, 3.63) is 66.7 Å². The molecule has 150 valence electrons. The van der Waals surface area contributed by atoms with Gasteiger partial charge in [-0.15, -0.1) is 0 Å². The van der Waals surface area contributed by atoms with Gasteiger partial charge in [0.05, 0.1) is 11.1 Å². The van der Waals surface area contributed by atoms with Crippen molar-refractivity contribution in [2.24, 2.45) is 5.92 Å². The number of nitrogens with one attached hydrogen (secondary N) is 1. The van der Waals surface area contributed by atoms with Gasteiger partial charge in [-0.05, 0) is 62.1 Å². The van der Waals surface area contributed by atoms with Crippen LogP contribution in [0, 0.1) is 5.92 Å². The molecule has 8 heteroatoms. The van der Waals surface area contributed by atoms with Crippen LogP contribution in [0.4, 0.5) is 5.69 Å². The van der Waals surface area contributed by atoms with E-state index < -0.39 is 9.84 Å². The minimum absolute atomic E-state index is 0.0623. The van der Waals surface area contributed by atoms with Crippen molar-refractivity contribution in [3.8, 4) is 0 Å². The number of carbonyl (C=O) groups excluding carboxylic acids is 1. The van der Waals surface area contributed by atoms with Crippen LogP contribution in [0.2, 0.25) is 0 Å². The van der Waals surface area contributed by atoms with Crippen molar-refractivity contribution in [3.63, 3.8) is 0 Å². The van der Waals surface area contributed by atoms with Gasteiger partial charge < -0.3 is 5.32 Å². The molecule has 1 saturated carbocycles. The maximum Gasteiger partial charge on any atom is 0.228 e. The topological polar surface area (TPSA) is 94.0 Å². The standard InChI is InChI=1S/C21H22N4O3S/c1-14(2)25-13-18(12-23-25)29(27,28)17-7-5-16(6-8-17)24-21(26)20-10-19(20)15-4-3-9-22-11-15/h3-9,11-14,19-20H,10H2,1-2H3,(H,24,26)/t19-,20+/m1/s1. The molecular formula is C21H22N4O3S. The molecule has 1 aromatic carbocycles. The molecule has 2 aromatic heterocycles. The molecule has 2 heterocycles. The molecule has 4 rings (SSSR count). The van der Waals surface area contributed by atoms with Gasteiger partial charge in [-0.2, -0.15) is 5.10 Å². The number of aromatic nitrogens is 3. The summed E-state index contributed by atoms with van der Waals surface area (Å²) < 4.78 is 27.2. The zero-order valence-electron chi connectivity index (χ0n) is 16.2. The number of amides is 1. The normalized spacial score (nSPS) is 18.6. The van der Waals surface area contributed by atoms with Crippen LogP contribution in [0.5, 0.6) is 0 Å². The molecule has 3 aromatic rings. The molecule has 0 saturated heterocycles. The lowest BCUT2D eigenvalue weighted by Crippen LogP contribution is -2.14. The van der Waals surface area contributed by atoms with Crippen LogP contribution in [0.1, 0.15) is 37.8 Å². The number of benzene rings is 1. The third-order valence-corrected chi connectivity index (χ3v) is 6.81. The molecule has 1 aliphatic rings. The van der Waals surface area contributed by atoms with Crippen LogP contribution >= 0.6 is 0 Å². The molecule has 0 radical (unpaired) electrons. The highest BCUT2D eigenvalue weighted by atomic mass is 32.2. The Bertz CT molecular complexity index is 1120. The van der Waals surface area contributed by atoms with Crippen LogP contribution in [0.15, 0.2) is 71.0 Å². The van der Waals surface area contributed by atoms with Crippen LogP contribution in [-0.2, 0) is 14.6 Å². The third kappa shape index (κ3) is 3.93. The predicted molar refractivity (Wildman–Crippen MR) is 108 cm³/mol. The van der Waals surface area contributed by atoms with Gasteiger partial charge in [0, 0.05) is 36.2 Å². The molecule has 1 fully saturated rings. The van der Waals surface area contributed by atoms with Gasteiger partial charge in [-0.25, -0.2) is 8.42 Å². The van der Waals surface area contributed by atoms with Crippen molar-refractivity contribution in [2.75, 3.05) is 5.32 Å². The minimum atomic E-state index is -3.65. The molecule has 0 unspecified atom stereocenters. The minimum Gasteiger partial charge on any atom is -0.326 e. The molecule has 1 amide bonds. The first kappa shape index (κ1) is 19.3. The predicted octanol–water partition coefficient (Wildman–Crippen LogP) is 3.43. The lowest BCUT2D eigenvalue weighted by atomic mass is 10.1. The molecule has 1 N–H and O–H groups in total. The summed E-state index contributed by atoms with van der Waals surface area (Å²) in [7, 11) is -3.65. The van der Waals surface area contributed by atoms with Gasteiger partial charge in [0.1, 0.15) is 4.90 Å². The smallest absolute Gasteiger partial charge is 0.228 e. The van der Waals surface area contributed by atoms with E-state index in [1.807, 2.05) is 26.0 Å². The first-order valence-corrected chi connectivity index (χ1v) is 10.9. The Balaban J connectivity index is 1.43. The van der Waals surface area contributed by atoms with Crippen molar-refractivity contribution in [1.29, 1.82) is 0 Å².